The summed E-state index contributed by atoms with van der Waals surface area (Å²) < 4.78 is 0. The molecule has 5 heteroatoms. The van der Waals surface area contributed by atoms with Gasteiger partial charge in [-0.2, -0.15) is 0 Å². The second kappa shape index (κ2) is 5.97. The van der Waals surface area contributed by atoms with Crippen molar-refractivity contribution >= 4 is 34.2 Å². The molecule has 0 bridgehead atoms. The molecule has 0 radical (unpaired) electrons. The van der Waals surface area contributed by atoms with Gasteiger partial charge < -0.3 is 5.32 Å². The Morgan fingerprint density at radius 1 is 1.00 bits per heavy atom. The maximum atomic E-state index is 12.0. The highest BCUT2D eigenvalue weighted by atomic mass is 16.2. The zero-order valence-corrected chi connectivity index (χ0v) is 12.0. The van der Waals surface area contributed by atoms with Crippen LogP contribution in [0.25, 0.3) is 10.8 Å². The zero-order valence-electron chi connectivity index (χ0n) is 12.0. The topological polar surface area (TPSA) is 66.5 Å². The Hall–Kier alpha value is -2.69. The summed E-state index contributed by atoms with van der Waals surface area (Å²) in [5.74, 6) is -0.588. The van der Waals surface area contributed by atoms with Gasteiger partial charge in [0.05, 0.1) is 0 Å². The summed E-state index contributed by atoms with van der Waals surface area (Å²) in [5, 5.41) is 4.95. The molecular formula is C17H16N2O3. The number of imide groups is 1. The Morgan fingerprint density at radius 2 is 1.68 bits per heavy atom. The average Bonchev–Trinajstić information content (AvgIpc) is 2.84. The lowest BCUT2D eigenvalue weighted by molar-refractivity contribution is -0.138. The molecule has 1 N–H and O–H groups in total. The van der Waals surface area contributed by atoms with E-state index in [1.54, 1.807) is 0 Å². The molecule has 1 aliphatic rings. The molecule has 0 aromatic heterocycles. The Morgan fingerprint density at radius 3 is 2.41 bits per heavy atom. The fourth-order valence-corrected chi connectivity index (χ4v) is 2.58. The summed E-state index contributed by atoms with van der Waals surface area (Å²) in [6, 6.07) is 13.6. The fraction of sp³-hybridized carbons (Fsp3) is 0.235. The van der Waals surface area contributed by atoms with E-state index in [-0.39, 0.29) is 43.5 Å². The van der Waals surface area contributed by atoms with E-state index in [1.807, 2.05) is 42.5 Å². The van der Waals surface area contributed by atoms with Crippen molar-refractivity contribution in [1.82, 2.24) is 4.90 Å². The van der Waals surface area contributed by atoms with Gasteiger partial charge >= 0.3 is 0 Å². The highest BCUT2D eigenvalue weighted by molar-refractivity contribution is 6.02. The molecule has 3 rings (SSSR count). The van der Waals surface area contributed by atoms with Crippen LogP contribution < -0.4 is 5.32 Å². The molecule has 2 aromatic carbocycles. The summed E-state index contributed by atoms with van der Waals surface area (Å²) in [4.78, 5) is 36.1. The number of benzene rings is 2. The fourth-order valence-electron chi connectivity index (χ4n) is 2.58. The second-order valence-corrected chi connectivity index (χ2v) is 5.30. The van der Waals surface area contributed by atoms with Gasteiger partial charge in [0, 0.05) is 31.5 Å². The van der Waals surface area contributed by atoms with Crippen LogP contribution >= 0.6 is 0 Å². The predicted molar refractivity (Wildman–Crippen MR) is 83.1 cm³/mol. The number of amides is 3. The van der Waals surface area contributed by atoms with E-state index in [4.69, 9.17) is 0 Å². The molecule has 1 saturated heterocycles. The number of carbonyl (C=O) groups excluding carboxylic acids is 3. The summed E-state index contributed by atoms with van der Waals surface area (Å²) in [6.45, 7) is 0.150. The summed E-state index contributed by atoms with van der Waals surface area (Å²) in [6.07, 6.45) is 0.626. The molecule has 22 heavy (non-hydrogen) atoms. The number of fused-ring (bicyclic) bond motifs is 1. The third kappa shape index (κ3) is 2.98. The first-order chi connectivity index (χ1) is 10.6. The van der Waals surface area contributed by atoms with Crippen LogP contribution in [0.5, 0.6) is 0 Å². The minimum absolute atomic E-state index is 0.115. The quantitative estimate of drug-likeness (QED) is 0.880. The zero-order chi connectivity index (χ0) is 15.5. The van der Waals surface area contributed by atoms with Crippen molar-refractivity contribution in [2.45, 2.75) is 19.3 Å². The second-order valence-electron chi connectivity index (χ2n) is 5.30. The van der Waals surface area contributed by atoms with E-state index < -0.39 is 0 Å². The van der Waals surface area contributed by atoms with Crippen molar-refractivity contribution in [1.29, 1.82) is 0 Å². The van der Waals surface area contributed by atoms with E-state index in [1.165, 1.54) is 4.90 Å². The highest BCUT2D eigenvalue weighted by Gasteiger charge is 2.28. The molecule has 0 spiro atoms. The van der Waals surface area contributed by atoms with Crippen molar-refractivity contribution in [3.05, 3.63) is 42.5 Å². The van der Waals surface area contributed by atoms with Crippen LogP contribution in [0.1, 0.15) is 19.3 Å². The Labute approximate surface area is 127 Å². The van der Waals surface area contributed by atoms with E-state index in [0.717, 1.165) is 10.8 Å². The number of nitrogens with one attached hydrogen (secondary N) is 1. The Balaban J connectivity index is 1.61. The molecular weight excluding hydrogens is 280 g/mol. The number of rotatable bonds is 4. The molecule has 1 heterocycles. The number of carbonyl (C=O) groups is 3. The van der Waals surface area contributed by atoms with Crippen molar-refractivity contribution in [2.24, 2.45) is 0 Å². The maximum Gasteiger partial charge on any atom is 0.229 e. The van der Waals surface area contributed by atoms with Crippen LogP contribution in [-0.4, -0.2) is 29.2 Å². The molecule has 112 valence electrons. The molecule has 0 saturated carbocycles. The first kappa shape index (κ1) is 14.3. The van der Waals surface area contributed by atoms with Gasteiger partial charge in [-0.05, 0) is 22.9 Å². The smallest absolute Gasteiger partial charge is 0.229 e. The monoisotopic (exact) mass is 296 g/mol. The molecule has 1 fully saturated rings. The first-order valence-corrected chi connectivity index (χ1v) is 7.25. The average molecular weight is 296 g/mol. The van der Waals surface area contributed by atoms with Gasteiger partial charge in [-0.15, -0.1) is 0 Å². The summed E-state index contributed by atoms with van der Waals surface area (Å²) in [5.41, 5.74) is 0.711. The van der Waals surface area contributed by atoms with Gasteiger partial charge in [0.2, 0.25) is 17.7 Å². The normalized spacial score (nSPS) is 14.6. The van der Waals surface area contributed by atoms with Gasteiger partial charge in [0.15, 0.2) is 0 Å². The van der Waals surface area contributed by atoms with Crippen LogP contribution in [0.3, 0.4) is 0 Å². The van der Waals surface area contributed by atoms with Gasteiger partial charge in [-0.3, -0.25) is 19.3 Å². The number of hydrogen-bond donors (Lipinski definition) is 1. The van der Waals surface area contributed by atoms with Crippen LogP contribution in [0.15, 0.2) is 42.5 Å². The molecule has 5 nitrogen and oxygen atoms in total. The third-order valence-electron chi connectivity index (χ3n) is 3.75. The maximum absolute atomic E-state index is 12.0. The van der Waals surface area contributed by atoms with Crippen molar-refractivity contribution in [2.75, 3.05) is 11.9 Å². The molecule has 2 aromatic rings. The molecule has 0 unspecified atom stereocenters. The lowest BCUT2D eigenvalue weighted by Crippen LogP contribution is -2.32. The number of hydrogen-bond acceptors (Lipinski definition) is 3. The summed E-state index contributed by atoms with van der Waals surface area (Å²) >= 11 is 0. The molecule has 0 aliphatic carbocycles. The van der Waals surface area contributed by atoms with Gasteiger partial charge in [-0.1, -0.05) is 30.3 Å². The molecule has 0 atom stereocenters. The number of nitrogens with zero attached hydrogens (tertiary/aromatic N) is 1. The van der Waals surface area contributed by atoms with Crippen LogP contribution in [0, 0.1) is 0 Å². The third-order valence-corrected chi connectivity index (χ3v) is 3.75. The lowest BCUT2D eigenvalue weighted by atomic mass is 10.1. The Kier molecular flexibility index (Phi) is 3.87. The largest absolute Gasteiger partial charge is 0.326 e. The van der Waals surface area contributed by atoms with Gasteiger partial charge in [0.25, 0.3) is 0 Å². The van der Waals surface area contributed by atoms with Gasteiger partial charge in [-0.25, -0.2) is 0 Å². The van der Waals surface area contributed by atoms with Crippen molar-refractivity contribution < 1.29 is 14.4 Å². The van der Waals surface area contributed by atoms with E-state index in [2.05, 4.69) is 5.32 Å². The standard InChI is InChI=1S/C17H16N2O3/c20-15(9-10-19-16(21)7-8-17(19)22)18-14-6-5-12-3-1-2-4-13(12)11-14/h1-6,11H,7-10H2,(H,18,20). The number of likely N-dealkylation sites (tertiary alicyclic amines) is 1. The van der Waals surface area contributed by atoms with Crippen LogP contribution in [0.4, 0.5) is 5.69 Å². The lowest BCUT2D eigenvalue weighted by Gasteiger charge is -2.13. The minimum Gasteiger partial charge on any atom is -0.326 e. The SMILES string of the molecule is O=C(CCN1C(=O)CCC1=O)Nc1ccc2ccccc2c1. The molecule has 3 amide bonds. The molecule has 1 aliphatic heterocycles. The van der Waals surface area contributed by atoms with E-state index >= 15 is 0 Å². The van der Waals surface area contributed by atoms with Crippen LogP contribution in [-0.2, 0) is 14.4 Å². The van der Waals surface area contributed by atoms with Crippen molar-refractivity contribution in [3.8, 4) is 0 Å². The first-order valence-electron chi connectivity index (χ1n) is 7.25. The van der Waals surface area contributed by atoms with E-state index in [9.17, 15) is 14.4 Å². The Bertz CT molecular complexity index is 738. The van der Waals surface area contributed by atoms with Crippen LogP contribution in [0.2, 0.25) is 0 Å². The highest BCUT2D eigenvalue weighted by Crippen LogP contribution is 2.19. The number of anilines is 1. The summed E-state index contributed by atoms with van der Waals surface area (Å²) in [7, 11) is 0. The van der Waals surface area contributed by atoms with Crippen molar-refractivity contribution in [3.63, 3.8) is 0 Å². The predicted octanol–water partition coefficient (Wildman–Crippen LogP) is 2.32. The van der Waals surface area contributed by atoms with E-state index in [0.29, 0.717) is 5.69 Å². The van der Waals surface area contributed by atoms with Gasteiger partial charge in [0.1, 0.15) is 0 Å². The minimum atomic E-state index is -0.206.